The van der Waals surface area contributed by atoms with Crippen molar-refractivity contribution in [3.8, 4) is 0 Å². The van der Waals surface area contributed by atoms with Gasteiger partial charge in [-0.1, -0.05) is 60.7 Å². The molecule has 6 heteroatoms. The number of halogens is 1. The normalized spacial score (nSPS) is 18.8. The van der Waals surface area contributed by atoms with Gasteiger partial charge < -0.3 is 5.11 Å². The summed E-state index contributed by atoms with van der Waals surface area (Å²) < 4.78 is 0. The fourth-order valence-corrected chi connectivity index (χ4v) is 5.11. The molecule has 1 amide bonds. The van der Waals surface area contributed by atoms with E-state index in [2.05, 4.69) is 15.9 Å². The van der Waals surface area contributed by atoms with Gasteiger partial charge in [0, 0.05) is 24.5 Å². The van der Waals surface area contributed by atoms with E-state index in [1.165, 1.54) is 5.56 Å². The van der Waals surface area contributed by atoms with Crippen LogP contribution in [-0.2, 0) is 11.3 Å². The third-order valence-corrected chi connectivity index (χ3v) is 6.89. The molecule has 1 atom stereocenters. The topological polar surface area (TPSA) is 47.0 Å². The molecule has 2 heterocycles. The maximum absolute atomic E-state index is 13.4. The zero-order valence-electron chi connectivity index (χ0n) is 19.3. The molecule has 0 spiro atoms. The van der Waals surface area contributed by atoms with Gasteiger partial charge in [-0.05, 0) is 67.2 Å². The standard InChI is InChI=1S/C28H31N3O2.ClH/c32-27(31(24-10-3-1-4-11-24)25-12-5-2-6-13-25)21-29-17-15-22(16-18-29)19-30-20-23-9-7-8-14-26(23)28(30)33;/h1-14,22,28,33H,15-21H2;1H. The lowest BCUT2D eigenvalue weighted by Gasteiger charge is -2.35. The number of carbonyl (C=O) groups excluding carboxylic acids is 1. The molecule has 3 aromatic carbocycles. The van der Waals surface area contributed by atoms with Crippen LogP contribution in [0, 0.1) is 5.92 Å². The van der Waals surface area contributed by atoms with Crippen molar-refractivity contribution in [2.75, 3.05) is 31.1 Å². The first kappa shape index (κ1) is 24.4. The average Bonchev–Trinajstić information content (AvgIpc) is 3.17. The van der Waals surface area contributed by atoms with Crippen LogP contribution in [0.4, 0.5) is 11.4 Å². The largest absolute Gasteiger partial charge is 0.374 e. The number of aliphatic hydroxyl groups is 1. The van der Waals surface area contributed by atoms with Crippen LogP contribution in [0.5, 0.6) is 0 Å². The van der Waals surface area contributed by atoms with Gasteiger partial charge in [-0.15, -0.1) is 12.4 Å². The lowest BCUT2D eigenvalue weighted by molar-refractivity contribution is -0.119. The second-order valence-corrected chi connectivity index (χ2v) is 9.12. The monoisotopic (exact) mass is 477 g/mol. The molecule has 0 saturated carbocycles. The molecule has 0 radical (unpaired) electrons. The average molecular weight is 478 g/mol. The highest BCUT2D eigenvalue weighted by Crippen LogP contribution is 2.33. The minimum Gasteiger partial charge on any atom is -0.374 e. The van der Waals surface area contributed by atoms with E-state index < -0.39 is 6.23 Å². The van der Waals surface area contributed by atoms with Crippen molar-refractivity contribution in [2.45, 2.75) is 25.6 Å². The summed E-state index contributed by atoms with van der Waals surface area (Å²) in [6.07, 6.45) is 1.60. The van der Waals surface area contributed by atoms with Gasteiger partial charge in [0.25, 0.3) is 0 Å². The number of likely N-dealkylation sites (tertiary alicyclic amines) is 1. The van der Waals surface area contributed by atoms with Crippen molar-refractivity contribution >= 4 is 29.7 Å². The molecule has 178 valence electrons. The molecule has 1 fully saturated rings. The molecule has 2 aliphatic rings. The van der Waals surface area contributed by atoms with E-state index in [0.29, 0.717) is 12.5 Å². The Hall–Kier alpha value is -2.70. The van der Waals surface area contributed by atoms with Crippen LogP contribution in [0.2, 0.25) is 0 Å². The van der Waals surface area contributed by atoms with Crippen molar-refractivity contribution in [1.82, 2.24) is 9.80 Å². The highest BCUT2D eigenvalue weighted by molar-refractivity contribution is 6.01. The van der Waals surface area contributed by atoms with E-state index in [9.17, 15) is 9.90 Å². The third kappa shape index (κ3) is 5.34. The Balaban J connectivity index is 0.00000274. The maximum Gasteiger partial charge on any atom is 0.245 e. The summed E-state index contributed by atoms with van der Waals surface area (Å²) in [5.41, 5.74) is 4.06. The number of aliphatic hydroxyl groups excluding tert-OH is 1. The van der Waals surface area contributed by atoms with Gasteiger partial charge in [-0.3, -0.25) is 19.5 Å². The number of nitrogens with zero attached hydrogens (tertiary/aromatic N) is 3. The molecule has 34 heavy (non-hydrogen) atoms. The van der Waals surface area contributed by atoms with Crippen LogP contribution in [0.3, 0.4) is 0 Å². The van der Waals surface area contributed by atoms with E-state index in [4.69, 9.17) is 0 Å². The van der Waals surface area contributed by atoms with E-state index >= 15 is 0 Å². The Morgan fingerprint density at radius 1 is 0.853 bits per heavy atom. The van der Waals surface area contributed by atoms with Crippen molar-refractivity contribution in [2.24, 2.45) is 5.92 Å². The van der Waals surface area contributed by atoms with Crippen LogP contribution in [0.25, 0.3) is 0 Å². The number of rotatable bonds is 6. The highest BCUT2D eigenvalue weighted by atomic mass is 35.5. The number of benzene rings is 3. The molecule has 5 nitrogen and oxygen atoms in total. The number of hydrogen-bond acceptors (Lipinski definition) is 4. The molecular formula is C28H32ClN3O2. The highest BCUT2D eigenvalue weighted by Gasteiger charge is 2.31. The van der Waals surface area contributed by atoms with Crippen molar-refractivity contribution in [3.05, 3.63) is 96.1 Å². The first-order valence-electron chi connectivity index (χ1n) is 11.8. The first-order valence-corrected chi connectivity index (χ1v) is 11.8. The van der Waals surface area contributed by atoms with E-state index in [0.717, 1.165) is 56.0 Å². The molecule has 0 aliphatic carbocycles. The van der Waals surface area contributed by atoms with Crippen LogP contribution in [0.15, 0.2) is 84.9 Å². The molecule has 1 saturated heterocycles. The van der Waals surface area contributed by atoms with Crippen LogP contribution in [-0.4, -0.2) is 47.0 Å². The molecule has 0 bridgehead atoms. The van der Waals surface area contributed by atoms with Crippen molar-refractivity contribution < 1.29 is 9.90 Å². The van der Waals surface area contributed by atoms with Gasteiger partial charge in [0.15, 0.2) is 0 Å². The van der Waals surface area contributed by atoms with Gasteiger partial charge in [0.1, 0.15) is 6.23 Å². The summed E-state index contributed by atoms with van der Waals surface area (Å²) in [5.74, 6) is 0.635. The van der Waals surface area contributed by atoms with Crippen LogP contribution in [0.1, 0.15) is 30.2 Å². The molecule has 5 rings (SSSR count). The Morgan fingerprint density at radius 3 is 2.00 bits per heavy atom. The van der Waals surface area contributed by atoms with Gasteiger partial charge in [0.2, 0.25) is 5.91 Å². The van der Waals surface area contributed by atoms with Crippen molar-refractivity contribution in [3.63, 3.8) is 0 Å². The van der Waals surface area contributed by atoms with Gasteiger partial charge in [0.05, 0.1) is 6.54 Å². The summed E-state index contributed by atoms with van der Waals surface area (Å²) in [6, 6.07) is 27.9. The number of piperidine rings is 1. The lowest BCUT2D eigenvalue weighted by Crippen LogP contribution is -2.43. The molecule has 3 aromatic rings. The van der Waals surface area contributed by atoms with Gasteiger partial charge >= 0.3 is 0 Å². The Labute approximate surface area is 208 Å². The van der Waals surface area contributed by atoms with Crippen LogP contribution < -0.4 is 4.90 Å². The lowest BCUT2D eigenvalue weighted by atomic mass is 9.96. The molecule has 1 N–H and O–H groups in total. The summed E-state index contributed by atoms with van der Waals surface area (Å²) in [7, 11) is 0. The smallest absolute Gasteiger partial charge is 0.245 e. The zero-order chi connectivity index (χ0) is 22.6. The number of para-hydroxylation sites is 2. The fourth-order valence-electron chi connectivity index (χ4n) is 5.11. The van der Waals surface area contributed by atoms with E-state index in [-0.39, 0.29) is 18.3 Å². The second-order valence-electron chi connectivity index (χ2n) is 9.12. The number of carbonyl (C=O) groups is 1. The number of anilines is 2. The number of amides is 1. The fraction of sp³-hybridized carbons (Fsp3) is 0.321. The second kappa shape index (κ2) is 11.2. The van der Waals surface area contributed by atoms with Gasteiger partial charge in [-0.25, -0.2) is 0 Å². The van der Waals surface area contributed by atoms with Gasteiger partial charge in [-0.2, -0.15) is 0 Å². The maximum atomic E-state index is 13.4. The minimum atomic E-state index is -0.494. The Morgan fingerprint density at radius 2 is 1.41 bits per heavy atom. The summed E-state index contributed by atoms with van der Waals surface area (Å²) >= 11 is 0. The zero-order valence-corrected chi connectivity index (χ0v) is 20.1. The Bertz CT molecular complexity index is 1030. The number of hydrogen-bond donors (Lipinski definition) is 1. The molecule has 0 aromatic heterocycles. The summed E-state index contributed by atoms with van der Waals surface area (Å²) in [6.45, 7) is 3.95. The quantitative estimate of drug-likeness (QED) is 0.543. The molecular weight excluding hydrogens is 446 g/mol. The first-order chi connectivity index (χ1) is 16.2. The predicted molar refractivity (Wildman–Crippen MR) is 138 cm³/mol. The van der Waals surface area contributed by atoms with Crippen molar-refractivity contribution in [1.29, 1.82) is 0 Å². The predicted octanol–water partition coefficient (Wildman–Crippen LogP) is 4.99. The SMILES string of the molecule is Cl.O=C(CN1CCC(CN2Cc3ccccc3C2O)CC1)N(c1ccccc1)c1ccccc1. The molecule has 2 aliphatic heterocycles. The van der Waals surface area contributed by atoms with E-state index in [1.807, 2.05) is 83.8 Å². The third-order valence-electron chi connectivity index (χ3n) is 6.89. The number of fused-ring (bicyclic) bond motifs is 1. The molecule has 1 unspecified atom stereocenters. The Kier molecular flexibility index (Phi) is 8.01. The van der Waals surface area contributed by atoms with E-state index in [1.54, 1.807) is 0 Å². The van der Waals surface area contributed by atoms with Crippen LogP contribution >= 0.6 is 12.4 Å². The summed E-state index contributed by atoms with van der Waals surface area (Å²) in [5, 5.41) is 10.7. The minimum absolute atomic E-state index is 0. The summed E-state index contributed by atoms with van der Waals surface area (Å²) in [4.78, 5) is 19.7.